The number of hydrogen-bond donors (Lipinski definition) is 0. The number of hydrogen-bond acceptors (Lipinski definition) is 3. The Morgan fingerprint density at radius 1 is 0.971 bits per heavy atom. The van der Waals surface area contributed by atoms with Gasteiger partial charge in [-0.2, -0.15) is 0 Å². The molecule has 2 aromatic rings. The third kappa shape index (κ3) is 3.55. The molecule has 4 nitrogen and oxygen atoms in total. The zero-order chi connectivity index (χ0) is 24.1. The predicted octanol–water partition coefficient (Wildman–Crippen LogP) is 4.52. The first-order valence-corrected chi connectivity index (χ1v) is 15.0. The fourth-order valence-electron chi connectivity index (χ4n) is 7.27. The lowest BCUT2D eigenvalue weighted by atomic mass is 9.80. The largest absolute Gasteiger partial charge is 0.457 e. The summed E-state index contributed by atoms with van der Waals surface area (Å²) in [6, 6.07) is 23.2. The van der Waals surface area contributed by atoms with Crippen molar-refractivity contribution >= 4 is 30.3 Å². The summed E-state index contributed by atoms with van der Waals surface area (Å²) in [6.07, 6.45) is 3.80. The molecule has 0 N–H and O–H groups in total. The molecule has 3 aliphatic heterocycles. The molecule has 5 heteroatoms. The Morgan fingerprint density at radius 3 is 2.06 bits per heavy atom. The van der Waals surface area contributed by atoms with E-state index >= 15 is 0 Å². The average Bonchev–Trinajstić information content (AvgIpc) is 3.37. The lowest BCUT2D eigenvalue weighted by molar-refractivity contribution is -0.167. The lowest BCUT2D eigenvalue weighted by Crippen LogP contribution is -2.67. The minimum absolute atomic E-state index is 0.0193. The number of nitrogens with zero attached hydrogens (tertiary/aromatic N) is 1. The van der Waals surface area contributed by atoms with Crippen molar-refractivity contribution in [1.82, 2.24) is 4.90 Å². The number of benzene rings is 2. The van der Waals surface area contributed by atoms with Crippen molar-refractivity contribution in [2.75, 3.05) is 0 Å². The topological polar surface area (TPSA) is 46.6 Å². The molecule has 34 heavy (non-hydrogen) atoms. The second-order valence-corrected chi connectivity index (χ2v) is 16.6. The number of amides is 1. The molecule has 3 fully saturated rings. The van der Waals surface area contributed by atoms with Crippen LogP contribution in [0, 0.1) is 5.92 Å². The molecular formula is C29H37NO3Si. The zero-order valence-corrected chi connectivity index (χ0v) is 21.9. The van der Waals surface area contributed by atoms with Crippen LogP contribution in [0.15, 0.2) is 60.7 Å². The van der Waals surface area contributed by atoms with Gasteiger partial charge in [0.1, 0.15) is 13.7 Å². The molecule has 0 aromatic heterocycles. The molecule has 180 valence electrons. The molecule has 0 radical (unpaired) electrons. The van der Waals surface area contributed by atoms with Gasteiger partial charge in [-0.3, -0.25) is 9.59 Å². The molecular weight excluding hydrogens is 438 g/mol. The van der Waals surface area contributed by atoms with Crippen molar-refractivity contribution in [3.63, 3.8) is 0 Å². The molecule has 1 amide bonds. The van der Waals surface area contributed by atoms with E-state index in [0.29, 0.717) is 12.8 Å². The Kier molecular flexibility index (Phi) is 5.74. The summed E-state index contributed by atoms with van der Waals surface area (Å²) in [5.41, 5.74) is -0.482. The standard InChI is InChI=1S/C29H37NO3Si/c1-21-19-29(33-27(21)32)18-17-26(31)30-22(15-16-25(29)30)20-34(28(2,3)4,23-11-7-5-8-12-23)24-13-9-6-10-14-24/h5-14,21-22,25H,15-20H2,1-4H3/t21-,22+,25?,29?/m1/s1. The van der Waals surface area contributed by atoms with Gasteiger partial charge in [0.25, 0.3) is 0 Å². The molecule has 3 aliphatic rings. The Hall–Kier alpha value is -2.40. The quantitative estimate of drug-likeness (QED) is 0.482. The maximum absolute atomic E-state index is 13.4. The van der Waals surface area contributed by atoms with Crippen LogP contribution in [0.2, 0.25) is 11.1 Å². The lowest BCUT2D eigenvalue weighted by Gasteiger charge is -2.49. The third-order valence-electron chi connectivity index (χ3n) is 8.87. The first-order chi connectivity index (χ1) is 16.2. The number of fused-ring (bicyclic) bond motifs is 2. The van der Waals surface area contributed by atoms with E-state index in [-0.39, 0.29) is 34.9 Å². The smallest absolute Gasteiger partial charge is 0.309 e. The van der Waals surface area contributed by atoms with Gasteiger partial charge in [-0.15, -0.1) is 0 Å². The van der Waals surface area contributed by atoms with E-state index in [2.05, 4.69) is 86.3 Å². The van der Waals surface area contributed by atoms with E-state index in [1.807, 2.05) is 6.92 Å². The van der Waals surface area contributed by atoms with Crippen molar-refractivity contribution in [2.24, 2.45) is 5.92 Å². The molecule has 3 saturated heterocycles. The number of esters is 1. The molecule has 0 bridgehead atoms. The van der Waals surface area contributed by atoms with Gasteiger partial charge in [-0.05, 0) is 30.3 Å². The van der Waals surface area contributed by atoms with E-state index < -0.39 is 13.7 Å². The Labute approximate surface area is 204 Å². The normalized spacial score (nSPS) is 29.4. The molecule has 3 heterocycles. The fourth-order valence-corrected chi connectivity index (χ4v) is 13.0. The summed E-state index contributed by atoms with van der Waals surface area (Å²) in [7, 11) is -2.30. The molecule has 2 aromatic carbocycles. The van der Waals surface area contributed by atoms with Gasteiger partial charge < -0.3 is 9.64 Å². The zero-order valence-electron chi connectivity index (χ0n) is 20.9. The third-order valence-corrected chi connectivity index (χ3v) is 15.2. The highest BCUT2D eigenvalue weighted by atomic mass is 28.3. The van der Waals surface area contributed by atoms with E-state index in [9.17, 15) is 9.59 Å². The van der Waals surface area contributed by atoms with Crippen molar-refractivity contribution < 1.29 is 14.3 Å². The summed E-state index contributed by atoms with van der Waals surface area (Å²) >= 11 is 0. The molecule has 2 unspecified atom stereocenters. The maximum atomic E-state index is 13.4. The summed E-state index contributed by atoms with van der Waals surface area (Å²) in [6.45, 7) is 9.11. The molecule has 0 aliphatic carbocycles. The van der Waals surface area contributed by atoms with Crippen LogP contribution in [0.4, 0.5) is 0 Å². The van der Waals surface area contributed by atoms with Crippen molar-refractivity contribution in [3.05, 3.63) is 60.7 Å². The summed E-state index contributed by atoms with van der Waals surface area (Å²) in [4.78, 5) is 28.0. The monoisotopic (exact) mass is 475 g/mol. The second kappa shape index (κ2) is 8.37. The van der Waals surface area contributed by atoms with Crippen LogP contribution in [-0.2, 0) is 14.3 Å². The van der Waals surface area contributed by atoms with Crippen LogP contribution in [0.5, 0.6) is 0 Å². The summed E-state index contributed by atoms with van der Waals surface area (Å²) < 4.78 is 6.06. The Balaban J connectivity index is 1.58. The molecule has 4 atom stereocenters. The van der Waals surface area contributed by atoms with Crippen LogP contribution in [0.1, 0.15) is 59.8 Å². The highest BCUT2D eigenvalue weighted by Gasteiger charge is 2.60. The van der Waals surface area contributed by atoms with E-state index in [0.717, 1.165) is 25.3 Å². The van der Waals surface area contributed by atoms with Crippen LogP contribution in [0.3, 0.4) is 0 Å². The van der Waals surface area contributed by atoms with Crippen molar-refractivity contribution in [3.8, 4) is 0 Å². The van der Waals surface area contributed by atoms with Crippen LogP contribution < -0.4 is 10.4 Å². The highest BCUT2D eigenvalue weighted by molar-refractivity contribution is 7.04. The van der Waals surface area contributed by atoms with Gasteiger partial charge >= 0.3 is 5.97 Å². The van der Waals surface area contributed by atoms with Crippen molar-refractivity contribution in [1.29, 1.82) is 0 Å². The number of rotatable bonds is 4. The minimum atomic E-state index is -2.30. The second-order valence-electron chi connectivity index (χ2n) is 11.7. The Morgan fingerprint density at radius 2 is 1.56 bits per heavy atom. The van der Waals surface area contributed by atoms with Crippen LogP contribution >= 0.6 is 0 Å². The fraction of sp³-hybridized carbons (Fsp3) is 0.517. The van der Waals surface area contributed by atoms with E-state index in [4.69, 9.17) is 4.74 Å². The first kappa shape index (κ1) is 23.3. The summed E-state index contributed by atoms with van der Waals surface area (Å²) in [5, 5.41) is 2.91. The van der Waals surface area contributed by atoms with Gasteiger partial charge in [0.2, 0.25) is 5.91 Å². The van der Waals surface area contributed by atoms with E-state index in [1.165, 1.54) is 10.4 Å². The van der Waals surface area contributed by atoms with Gasteiger partial charge in [0, 0.05) is 18.9 Å². The van der Waals surface area contributed by atoms with E-state index in [1.54, 1.807) is 0 Å². The van der Waals surface area contributed by atoms with Crippen LogP contribution in [-0.4, -0.2) is 42.5 Å². The van der Waals surface area contributed by atoms with Gasteiger partial charge in [0.05, 0.1) is 12.0 Å². The number of ether oxygens (including phenoxy) is 1. The SMILES string of the molecule is C[C@@H]1CC2(CCC(=O)N3C2CC[C@H]3C[Si](c2ccccc2)(c2ccccc2)C(C)(C)C)OC1=O. The number of carbonyl (C=O) groups excluding carboxylic acids is 2. The predicted molar refractivity (Wildman–Crippen MR) is 138 cm³/mol. The highest BCUT2D eigenvalue weighted by Crippen LogP contribution is 2.50. The first-order valence-electron chi connectivity index (χ1n) is 12.8. The van der Waals surface area contributed by atoms with Gasteiger partial charge in [-0.1, -0.05) is 98.7 Å². The number of piperidine rings is 1. The molecule has 5 rings (SSSR count). The summed E-state index contributed by atoms with van der Waals surface area (Å²) in [5.74, 6) is 0.0715. The van der Waals surface area contributed by atoms with Crippen LogP contribution in [0.25, 0.3) is 0 Å². The minimum Gasteiger partial charge on any atom is -0.457 e. The van der Waals surface area contributed by atoms with Gasteiger partial charge in [-0.25, -0.2) is 0 Å². The van der Waals surface area contributed by atoms with Crippen molar-refractivity contribution in [2.45, 2.75) is 88.6 Å². The van der Waals surface area contributed by atoms with Gasteiger partial charge in [0.15, 0.2) is 0 Å². The average molecular weight is 476 g/mol. The molecule has 1 spiro atoms. The molecule has 0 saturated carbocycles. The Bertz CT molecular complexity index is 1020. The maximum Gasteiger partial charge on any atom is 0.309 e. The number of carbonyl (C=O) groups is 2.